The molecule has 7 nitrogen and oxygen atoms in total. The van der Waals surface area contributed by atoms with Gasteiger partial charge in [0, 0.05) is 26.7 Å². The van der Waals surface area contributed by atoms with Gasteiger partial charge in [0.05, 0.1) is 6.54 Å². The average Bonchev–Trinajstić information content (AvgIpc) is 3.26. The van der Waals surface area contributed by atoms with Gasteiger partial charge < -0.3 is 5.73 Å². The van der Waals surface area contributed by atoms with Crippen molar-refractivity contribution < 1.29 is 4.79 Å². The molecule has 0 amide bonds. The smallest absolute Gasteiger partial charge is 0.332 e. The van der Waals surface area contributed by atoms with Gasteiger partial charge >= 0.3 is 5.69 Å². The highest BCUT2D eigenvalue weighted by atomic mass is 16.2. The molecule has 1 fully saturated rings. The summed E-state index contributed by atoms with van der Waals surface area (Å²) in [6.07, 6.45) is 2.39. The molecule has 0 aliphatic heterocycles. The highest BCUT2D eigenvalue weighted by Crippen LogP contribution is 2.30. The number of Topliss-reactive ketones (excluding diaryl/α,β-unsaturated/α-hetero) is 1. The minimum absolute atomic E-state index is 0.0618. The molecule has 0 bridgehead atoms. The Balaban J connectivity index is 2.32. The predicted molar refractivity (Wildman–Crippen MR) is 85.1 cm³/mol. The third kappa shape index (κ3) is 3.14. The molecule has 2 rings (SSSR count). The molecule has 0 atom stereocenters. The fourth-order valence-corrected chi connectivity index (χ4v) is 2.48. The summed E-state index contributed by atoms with van der Waals surface area (Å²) < 4.78 is 2.05. The molecule has 0 saturated heterocycles. The van der Waals surface area contributed by atoms with Crippen LogP contribution in [-0.4, -0.2) is 38.9 Å². The summed E-state index contributed by atoms with van der Waals surface area (Å²) in [7, 11) is 2.81. The second-order valence-electron chi connectivity index (χ2n) is 6.36. The van der Waals surface area contributed by atoms with Crippen molar-refractivity contribution in [3.05, 3.63) is 26.4 Å². The zero-order valence-electron chi connectivity index (χ0n) is 13.6. The Labute approximate surface area is 129 Å². The maximum Gasteiger partial charge on any atom is 0.332 e. The van der Waals surface area contributed by atoms with Gasteiger partial charge in [-0.1, -0.05) is 0 Å². The Hall–Kier alpha value is -1.89. The molecule has 0 radical (unpaired) electrons. The molecule has 22 heavy (non-hydrogen) atoms. The Morgan fingerprint density at radius 1 is 1.27 bits per heavy atom. The van der Waals surface area contributed by atoms with Gasteiger partial charge in [-0.05, 0) is 32.6 Å². The maximum atomic E-state index is 12.6. The van der Waals surface area contributed by atoms with Crippen LogP contribution in [0.4, 0.5) is 5.82 Å². The van der Waals surface area contributed by atoms with Crippen molar-refractivity contribution in [3.63, 3.8) is 0 Å². The van der Waals surface area contributed by atoms with Crippen molar-refractivity contribution in [1.29, 1.82) is 0 Å². The molecule has 1 aromatic rings. The summed E-state index contributed by atoms with van der Waals surface area (Å²) in [5.41, 5.74) is 4.58. The van der Waals surface area contributed by atoms with Gasteiger partial charge in [0.25, 0.3) is 5.56 Å². The van der Waals surface area contributed by atoms with E-state index >= 15 is 0 Å². The highest BCUT2D eigenvalue weighted by molar-refractivity contribution is 6.01. The van der Waals surface area contributed by atoms with Crippen LogP contribution in [0.25, 0.3) is 0 Å². The van der Waals surface area contributed by atoms with Gasteiger partial charge in [0.2, 0.25) is 0 Å². The van der Waals surface area contributed by atoms with Crippen LogP contribution >= 0.6 is 0 Å². The minimum Gasteiger partial charge on any atom is -0.384 e. The number of hydrogen-bond acceptors (Lipinski definition) is 5. The van der Waals surface area contributed by atoms with E-state index in [4.69, 9.17) is 5.73 Å². The first-order chi connectivity index (χ1) is 10.2. The molecule has 0 unspecified atom stereocenters. The normalized spacial score (nSPS) is 14.8. The number of rotatable bonds is 6. The van der Waals surface area contributed by atoms with Crippen LogP contribution in [-0.2, 0) is 14.1 Å². The summed E-state index contributed by atoms with van der Waals surface area (Å²) in [6, 6.07) is 0.210. The number of hydrogen-bond donors (Lipinski definition) is 1. The molecule has 122 valence electrons. The third-order valence-corrected chi connectivity index (χ3v) is 4.26. The van der Waals surface area contributed by atoms with Gasteiger partial charge in [-0.25, -0.2) is 4.79 Å². The van der Waals surface area contributed by atoms with Gasteiger partial charge in [0.15, 0.2) is 5.78 Å². The van der Waals surface area contributed by atoms with E-state index in [9.17, 15) is 14.4 Å². The van der Waals surface area contributed by atoms with Crippen LogP contribution in [0, 0.1) is 5.92 Å². The third-order valence-electron chi connectivity index (χ3n) is 4.26. The fourth-order valence-electron chi connectivity index (χ4n) is 2.48. The van der Waals surface area contributed by atoms with E-state index in [2.05, 4.69) is 4.90 Å². The number of aromatic nitrogens is 2. The number of nitrogens with zero attached hydrogens (tertiary/aromatic N) is 3. The number of carbonyl (C=O) groups excluding carboxylic acids is 1. The molecule has 2 N–H and O–H groups in total. The van der Waals surface area contributed by atoms with Crippen molar-refractivity contribution in [2.24, 2.45) is 20.0 Å². The van der Waals surface area contributed by atoms with E-state index in [-0.39, 0.29) is 29.8 Å². The van der Waals surface area contributed by atoms with Crippen LogP contribution in [0.3, 0.4) is 0 Å². The zero-order valence-corrected chi connectivity index (χ0v) is 13.6. The van der Waals surface area contributed by atoms with Crippen LogP contribution in [0.2, 0.25) is 0 Å². The molecule has 0 aromatic carbocycles. The molecule has 1 aliphatic rings. The monoisotopic (exact) mass is 308 g/mol. The van der Waals surface area contributed by atoms with E-state index in [1.807, 2.05) is 13.8 Å². The predicted octanol–water partition coefficient (Wildman–Crippen LogP) is -0.0307. The van der Waals surface area contributed by atoms with E-state index < -0.39 is 11.2 Å². The van der Waals surface area contributed by atoms with Crippen LogP contribution in [0.5, 0.6) is 0 Å². The van der Waals surface area contributed by atoms with E-state index in [1.54, 1.807) is 0 Å². The molecule has 1 saturated carbocycles. The van der Waals surface area contributed by atoms with Crippen molar-refractivity contribution in [1.82, 2.24) is 14.0 Å². The Morgan fingerprint density at radius 3 is 2.36 bits per heavy atom. The summed E-state index contributed by atoms with van der Waals surface area (Å²) in [5.74, 6) is 0.256. The lowest BCUT2D eigenvalue weighted by molar-refractivity contribution is 0.0899. The first kappa shape index (κ1) is 16.5. The molecule has 7 heteroatoms. The van der Waals surface area contributed by atoms with Crippen molar-refractivity contribution in [3.8, 4) is 0 Å². The molecule has 1 aliphatic carbocycles. The Bertz CT molecular complexity index is 698. The average molecular weight is 308 g/mol. The lowest BCUT2D eigenvalue weighted by Crippen LogP contribution is -2.44. The van der Waals surface area contributed by atoms with E-state index in [0.29, 0.717) is 5.92 Å². The quantitative estimate of drug-likeness (QED) is 0.745. The number of ketones is 1. The summed E-state index contributed by atoms with van der Waals surface area (Å²) in [5, 5.41) is 0. The lowest BCUT2D eigenvalue weighted by Gasteiger charge is -2.25. The van der Waals surface area contributed by atoms with Crippen LogP contribution in [0.15, 0.2) is 9.59 Å². The minimum atomic E-state index is -0.624. The number of nitrogen functional groups attached to an aromatic ring is 1. The maximum absolute atomic E-state index is 12.6. The summed E-state index contributed by atoms with van der Waals surface area (Å²) in [4.78, 5) is 38.6. The number of carbonyl (C=O) groups is 1. The van der Waals surface area contributed by atoms with E-state index in [1.165, 1.54) is 26.9 Å². The molecular formula is C15H24N4O3. The van der Waals surface area contributed by atoms with Crippen LogP contribution < -0.4 is 17.0 Å². The van der Waals surface area contributed by atoms with Crippen molar-refractivity contribution >= 4 is 11.6 Å². The zero-order chi connectivity index (χ0) is 16.6. The first-order valence-corrected chi connectivity index (χ1v) is 7.56. The molecule has 1 heterocycles. The lowest BCUT2D eigenvalue weighted by atomic mass is 10.1. The second kappa shape index (κ2) is 6.08. The largest absolute Gasteiger partial charge is 0.384 e. The summed E-state index contributed by atoms with van der Waals surface area (Å²) >= 11 is 0. The first-order valence-electron chi connectivity index (χ1n) is 7.56. The number of anilines is 1. The molecule has 0 spiro atoms. The van der Waals surface area contributed by atoms with Crippen molar-refractivity contribution in [2.75, 3.05) is 18.8 Å². The summed E-state index contributed by atoms with van der Waals surface area (Å²) in [6.45, 7) is 5.05. The fraction of sp³-hybridized carbons (Fsp3) is 0.667. The van der Waals surface area contributed by atoms with E-state index in [0.717, 1.165) is 15.7 Å². The van der Waals surface area contributed by atoms with Crippen molar-refractivity contribution in [2.45, 2.75) is 32.7 Å². The Kier molecular flexibility index (Phi) is 4.55. The molecule has 1 aromatic heterocycles. The Morgan fingerprint density at radius 2 is 1.86 bits per heavy atom. The highest BCUT2D eigenvalue weighted by Gasteiger charge is 2.28. The number of nitrogens with two attached hydrogens (primary N) is 1. The topological polar surface area (TPSA) is 90.3 Å². The standard InChI is InChI=1S/C15H24N4O3/c1-9(2)19(7-10-5-6-10)8-11(20)12-13(16)17(3)15(22)18(4)14(12)21/h9-10H,5-8,16H2,1-4H3. The van der Waals surface area contributed by atoms with Gasteiger partial charge in [-0.3, -0.25) is 23.6 Å². The SMILES string of the molecule is CC(C)N(CC(=O)c1c(N)n(C)c(=O)n(C)c1=O)CC1CC1. The van der Waals surface area contributed by atoms with Gasteiger partial charge in [-0.15, -0.1) is 0 Å². The van der Waals surface area contributed by atoms with Gasteiger partial charge in [-0.2, -0.15) is 0 Å². The molecular weight excluding hydrogens is 284 g/mol. The van der Waals surface area contributed by atoms with Gasteiger partial charge in [0.1, 0.15) is 11.4 Å². The van der Waals surface area contributed by atoms with Crippen LogP contribution in [0.1, 0.15) is 37.0 Å². The second-order valence-corrected chi connectivity index (χ2v) is 6.36.